The lowest BCUT2D eigenvalue weighted by Gasteiger charge is -2.02. The van der Waals surface area contributed by atoms with E-state index in [0.717, 1.165) is 11.4 Å². The van der Waals surface area contributed by atoms with E-state index < -0.39 is 0 Å². The van der Waals surface area contributed by atoms with Crippen molar-refractivity contribution in [3.63, 3.8) is 0 Å². The SMILES string of the molecule is Cc1ccc(-n2[nH]c(=S)n[n+]2-c2ccc(C)cc2)cc1. The van der Waals surface area contributed by atoms with Crippen molar-refractivity contribution in [1.82, 2.24) is 15.0 Å². The first-order valence-electron chi connectivity index (χ1n) is 6.39. The molecule has 0 bridgehead atoms. The third-order valence-corrected chi connectivity index (χ3v) is 3.29. The minimum atomic E-state index is 0.450. The van der Waals surface area contributed by atoms with Crippen LogP contribution in [0.5, 0.6) is 0 Å². The summed E-state index contributed by atoms with van der Waals surface area (Å²) in [7, 11) is 0. The number of aryl methyl sites for hydroxylation is 2. The Morgan fingerprint density at radius 2 is 1.50 bits per heavy atom. The van der Waals surface area contributed by atoms with Crippen LogP contribution < -0.4 is 4.80 Å². The smallest absolute Gasteiger partial charge is 0.137 e. The van der Waals surface area contributed by atoms with Gasteiger partial charge in [-0.3, -0.25) is 0 Å². The molecule has 0 aliphatic heterocycles. The van der Waals surface area contributed by atoms with Crippen molar-refractivity contribution in [2.24, 2.45) is 0 Å². The van der Waals surface area contributed by atoms with Crippen molar-refractivity contribution in [2.45, 2.75) is 13.8 Å². The molecule has 0 saturated carbocycles. The molecule has 0 fully saturated rings. The lowest BCUT2D eigenvalue weighted by Crippen LogP contribution is -2.43. The highest BCUT2D eigenvalue weighted by Gasteiger charge is 2.14. The van der Waals surface area contributed by atoms with E-state index >= 15 is 0 Å². The van der Waals surface area contributed by atoms with Crippen molar-refractivity contribution >= 4 is 12.2 Å². The molecular weight excluding hydrogens is 268 g/mol. The summed E-state index contributed by atoms with van der Waals surface area (Å²) in [5.41, 5.74) is 4.38. The molecule has 0 saturated heterocycles. The van der Waals surface area contributed by atoms with Crippen LogP contribution in [0.25, 0.3) is 11.4 Å². The minimum absolute atomic E-state index is 0.450. The molecule has 0 aliphatic rings. The number of nitrogens with one attached hydrogen (secondary N) is 1. The largest absolute Gasteiger partial charge is 0.345 e. The van der Waals surface area contributed by atoms with Crippen LogP contribution in [0.1, 0.15) is 11.1 Å². The first-order valence-corrected chi connectivity index (χ1v) is 6.80. The highest BCUT2D eigenvalue weighted by Crippen LogP contribution is 2.07. The summed E-state index contributed by atoms with van der Waals surface area (Å²) in [5.74, 6) is 0. The lowest BCUT2D eigenvalue weighted by atomic mass is 10.2. The fourth-order valence-corrected chi connectivity index (χ4v) is 2.17. The fraction of sp³-hybridized carbons (Fsp3) is 0.133. The van der Waals surface area contributed by atoms with Gasteiger partial charge in [0.25, 0.3) is 0 Å². The van der Waals surface area contributed by atoms with Gasteiger partial charge >= 0.3 is 4.77 Å². The zero-order valence-corrected chi connectivity index (χ0v) is 12.2. The quantitative estimate of drug-likeness (QED) is 0.580. The van der Waals surface area contributed by atoms with Crippen LogP contribution in [0, 0.1) is 18.6 Å². The number of rotatable bonds is 2. The molecule has 1 N–H and O–H groups in total. The topological polar surface area (TPSA) is 37.5 Å². The first-order chi connectivity index (χ1) is 9.63. The number of aromatic nitrogens is 4. The second-order valence-electron chi connectivity index (χ2n) is 4.79. The van der Waals surface area contributed by atoms with Gasteiger partial charge < -0.3 is 0 Å². The highest BCUT2D eigenvalue weighted by atomic mass is 32.1. The predicted molar refractivity (Wildman–Crippen MR) is 79.8 cm³/mol. The van der Waals surface area contributed by atoms with E-state index in [0.29, 0.717) is 4.77 Å². The predicted octanol–water partition coefficient (Wildman–Crippen LogP) is 2.82. The number of hydrogen-bond acceptors (Lipinski definition) is 2. The van der Waals surface area contributed by atoms with E-state index in [1.54, 1.807) is 4.80 Å². The molecule has 0 atom stereocenters. The van der Waals surface area contributed by atoms with Gasteiger partial charge in [-0.05, 0) is 59.9 Å². The average Bonchev–Trinajstić information content (AvgIpc) is 2.82. The second kappa shape index (κ2) is 5.02. The van der Waals surface area contributed by atoms with Crippen molar-refractivity contribution < 1.29 is 4.80 Å². The molecule has 1 aromatic heterocycles. The van der Waals surface area contributed by atoms with E-state index in [-0.39, 0.29) is 0 Å². The Morgan fingerprint density at radius 1 is 0.950 bits per heavy atom. The van der Waals surface area contributed by atoms with E-state index in [2.05, 4.69) is 48.3 Å². The van der Waals surface area contributed by atoms with Crippen molar-refractivity contribution in [2.75, 3.05) is 0 Å². The number of H-pyrrole nitrogens is 1. The third-order valence-electron chi connectivity index (χ3n) is 3.12. The zero-order chi connectivity index (χ0) is 14.1. The highest BCUT2D eigenvalue weighted by molar-refractivity contribution is 7.71. The molecule has 0 amide bonds. The van der Waals surface area contributed by atoms with E-state index in [4.69, 9.17) is 12.2 Å². The van der Waals surface area contributed by atoms with Gasteiger partial charge in [0.15, 0.2) is 5.69 Å². The first kappa shape index (κ1) is 12.7. The van der Waals surface area contributed by atoms with Crippen LogP contribution in [-0.4, -0.2) is 15.0 Å². The number of hydrogen-bond donors (Lipinski definition) is 1. The Balaban J connectivity index is 2.15. The maximum Gasteiger partial charge on any atom is 0.345 e. The van der Waals surface area contributed by atoms with Gasteiger partial charge in [-0.25, -0.2) is 0 Å². The van der Waals surface area contributed by atoms with E-state index in [1.165, 1.54) is 11.1 Å². The van der Waals surface area contributed by atoms with Gasteiger partial charge in [0.1, 0.15) is 5.69 Å². The molecule has 1 heterocycles. The Kier molecular flexibility index (Phi) is 3.20. The summed E-state index contributed by atoms with van der Waals surface area (Å²) >= 11 is 5.16. The Morgan fingerprint density at radius 3 is 2.10 bits per heavy atom. The van der Waals surface area contributed by atoms with Gasteiger partial charge in [0.2, 0.25) is 0 Å². The maximum absolute atomic E-state index is 5.16. The van der Waals surface area contributed by atoms with Crippen molar-refractivity contribution in [3.8, 4) is 11.4 Å². The van der Waals surface area contributed by atoms with E-state index in [9.17, 15) is 0 Å². The summed E-state index contributed by atoms with van der Waals surface area (Å²) in [6.45, 7) is 4.12. The summed E-state index contributed by atoms with van der Waals surface area (Å²) in [6, 6.07) is 16.3. The molecule has 20 heavy (non-hydrogen) atoms. The molecule has 3 rings (SSSR count). The average molecular weight is 283 g/mol. The molecular formula is C15H15N4S+. The maximum atomic E-state index is 5.16. The Bertz CT molecular complexity index is 716. The summed E-state index contributed by atoms with van der Waals surface area (Å²) in [4.78, 5) is 3.61. The van der Waals surface area contributed by atoms with Crippen LogP contribution in [0.3, 0.4) is 0 Å². The molecule has 5 heteroatoms. The number of benzene rings is 2. The van der Waals surface area contributed by atoms with Crippen molar-refractivity contribution in [1.29, 1.82) is 0 Å². The zero-order valence-electron chi connectivity index (χ0n) is 11.4. The van der Waals surface area contributed by atoms with Gasteiger partial charge in [0, 0.05) is 5.10 Å². The van der Waals surface area contributed by atoms with Crippen LogP contribution in [0.2, 0.25) is 0 Å². The minimum Gasteiger partial charge on any atom is -0.137 e. The normalized spacial score (nSPS) is 10.7. The molecule has 0 aliphatic carbocycles. The fourth-order valence-electron chi connectivity index (χ4n) is 2.00. The van der Waals surface area contributed by atoms with Crippen LogP contribution in [-0.2, 0) is 0 Å². The van der Waals surface area contributed by atoms with Gasteiger partial charge in [-0.2, -0.15) is 0 Å². The lowest BCUT2D eigenvalue weighted by molar-refractivity contribution is -0.735. The Hall–Kier alpha value is -2.27. The summed E-state index contributed by atoms with van der Waals surface area (Å²) in [6.07, 6.45) is 0. The van der Waals surface area contributed by atoms with Crippen LogP contribution in [0.4, 0.5) is 0 Å². The van der Waals surface area contributed by atoms with E-state index in [1.807, 2.05) is 29.1 Å². The molecule has 0 radical (unpaired) electrons. The Labute approximate surface area is 122 Å². The molecule has 4 nitrogen and oxygen atoms in total. The number of tetrazole rings is 1. The third kappa shape index (κ3) is 2.40. The van der Waals surface area contributed by atoms with Gasteiger partial charge in [0.05, 0.1) is 0 Å². The molecule has 2 aromatic carbocycles. The second-order valence-corrected chi connectivity index (χ2v) is 5.18. The van der Waals surface area contributed by atoms with Crippen molar-refractivity contribution in [3.05, 3.63) is 64.4 Å². The number of nitrogens with zero attached hydrogens (tertiary/aromatic N) is 3. The van der Waals surface area contributed by atoms with Crippen LogP contribution in [0.15, 0.2) is 48.5 Å². The molecule has 100 valence electrons. The van der Waals surface area contributed by atoms with Gasteiger partial charge in [-0.15, -0.1) is 5.10 Å². The molecule has 0 unspecified atom stereocenters. The monoisotopic (exact) mass is 283 g/mol. The summed E-state index contributed by atoms with van der Waals surface area (Å²) < 4.78 is 0.450. The molecule has 3 aromatic rings. The van der Waals surface area contributed by atoms with Gasteiger partial charge in [-0.1, -0.05) is 35.4 Å². The molecule has 0 spiro atoms. The number of aromatic amines is 1. The van der Waals surface area contributed by atoms with Crippen LogP contribution >= 0.6 is 12.2 Å². The summed E-state index contributed by atoms with van der Waals surface area (Å²) in [5, 5.41) is 7.43. The standard InChI is InChI=1S/C15H14N4S/c1-11-3-7-13(8-4-11)18-16-15(20)17-19(18)14-9-5-12(2)6-10-14/h3-10H,1-2H3/p+1.